The minimum absolute atomic E-state index is 0.0953. The summed E-state index contributed by atoms with van der Waals surface area (Å²) in [6.45, 7) is 0. The van der Waals surface area contributed by atoms with Crippen molar-refractivity contribution in [2.45, 2.75) is 6.42 Å². The van der Waals surface area contributed by atoms with Gasteiger partial charge in [0.25, 0.3) is 0 Å². The minimum atomic E-state index is -0.393. The third-order valence-electron chi connectivity index (χ3n) is 2.44. The molecule has 0 aliphatic heterocycles. The number of carbonyl (C=O) groups is 1. The molecule has 0 spiro atoms. The molecule has 0 atom stereocenters. The van der Waals surface area contributed by atoms with Crippen molar-refractivity contribution in [1.82, 2.24) is 4.98 Å². The number of H-pyrrole nitrogens is 1. The molecule has 0 radical (unpaired) electrons. The maximum absolute atomic E-state index is 11.2. The van der Waals surface area contributed by atoms with Gasteiger partial charge in [0.05, 0.1) is 17.6 Å². The Balaban J connectivity index is 2.18. The Morgan fingerprint density at radius 3 is 2.56 bits per heavy atom. The van der Waals surface area contributed by atoms with Crippen molar-refractivity contribution in [2.24, 2.45) is 0 Å². The van der Waals surface area contributed by atoms with Crippen LogP contribution in [0.3, 0.4) is 0 Å². The van der Waals surface area contributed by atoms with Crippen LogP contribution in [0.4, 0.5) is 0 Å². The number of aromatic nitrogens is 1. The number of nitrogens with one attached hydrogen (secondary N) is 1. The van der Waals surface area contributed by atoms with Gasteiger partial charge >= 0.3 is 10.8 Å². The lowest BCUT2D eigenvalue weighted by molar-refractivity contribution is 0.0600. The van der Waals surface area contributed by atoms with Crippen molar-refractivity contribution >= 4 is 17.3 Å². The van der Waals surface area contributed by atoms with E-state index in [2.05, 4.69) is 9.72 Å². The number of carbonyl (C=O) groups excluding carboxylic acids is 1. The summed E-state index contributed by atoms with van der Waals surface area (Å²) in [5.74, 6) is -0.488. The van der Waals surface area contributed by atoms with Crippen LogP contribution in [-0.2, 0) is 11.2 Å². The number of rotatable bonds is 3. The second kappa shape index (κ2) is 5.05. The number of aromatic amines is 1. The van der Waals surface area contributed by atoms with Crippen LogP contribution < -0.4 is 4.87 Å². The molecule has 94 valence electrons. The molecule has 0 saturated heterocycles. The zero-order chi connectivity index (χ0) is 13.1. The first-order valence-corrected chi connectivity index (χ1v) is 6.00. The molecular weight excluding hydrogens is 254 g/mol. The highest BCUT2D eigenvalue weighted by molar-refractivity contribution is 7.09. The van der Waals surface area contributed by atoms with E-state index in [1.54, 1.807) is 24.3 Å². The summed E-state index contributed by atoms with van der Waals surface area (Å²) < 4.78 is 4.59. The van der Waals surface area contributed by atoms with Gasteiger partial charge in [-0.15, -0.1) is 0 Å². The topological polar surface area (TPSA) is 79.4 Å². The maximum Gasteiger partial charge on any atom is 0.337 e. The average molecular weight is 265 g/mol. The zero-order valence-corrected chi connectivity index (χ0v) is 10.4. The average Bonchev–Trinajstić information content (AvgIpc) is 2.68. The molecular formula is C12H11NO4S. The van der Waals surface area contributed by atoms with Gasteiger partial charge in [0.1, 0.15) is 0 Å². The summed E-state index contributed by atoms with van der Waals surface area (Å²) in [6, 6.07) is 6.81. The molecule has 0 bridgehead atoms. The summed E-state index contributed by atoms with van der Waals surface area (Å²) in [6.07, 6.45) is 0.441. The molecule has 0 amide bonds. The van der Waals surface area contributed by atoms with E-state index >= 15 is 0 Å². The Hall–Kier alpha value is -2.08. The number of ether oxygens (including phenoxy) is 1. The van der Waals surface area contributed by atoms with Gasteiger partial charge in [-0.25, -0.2) is 4.79 Å². The second-order valence-corrected chi connectivity index (χ2v) is 4.72. The first-order chi connectivity index (χ1) is 8.60. The molecule has 2 N–H and O–H groups in total. The summed E-state index contributed by atoms with van der Waals surface area (Å²) in [7, 11) is 1.32. The fourth-order valence-electron chi connectivity index (χ4n) is 1.53. The fraction of sp³-hybridized carbons (Fsp3) is 0.167. The number of methoxy groups -OCH3 is 1. The van der Waals surface area contributed by atoms with E-state index in [0.717, 1.165) is 16.9 Å². The van der Waals surface area contributed by atoms with Crippen LogP contribution in [0.15, 0.2) is 29.1 Å². The lowest BCUT2D eigenvalue weighted by Gasteiger charge is -2.02. The molecule has 0 saturated carbocycles. The van der Waals surface area contributed by atoms with E-state index in [-0.39, 0.29) is 10.8 Å². The lowest BCUT2D eigenvalue weighted by Crippen LogP contribution is -2.00. The van der Waals surface area contributed by atoms with E-state index < -0.39 is 5.97 Å². The summed E-state index contributed by atoms with van der Waals surface area (Å²) in [4.78, 5) is 24.9. The van der Waals surface area contributed by atoms with Crippen LogP contribution in [0.25, 0.3) is 0 Å². The number of hydrogen-bond acceptors (Lipinski definition) is 5. The van der Waals surface area contributed by atoms with Crippen molar-refractivity contribution in [3.8, 4) is 5.88 Å². The molecule has 1 aromatic heterocycles. The number of hydrogen-bond donors (Lipinski definition) is 2. The highest BCUT2D eigenvalue weighted by Gasteiger charge is 2.09. The van der Waals surface area contributed by atoms with Crippen molar-refractivity contribution < 1.29 is 14.6 Å². The third kappa shape index (κ3) is 2.60. The van der Waals surface area contributed by atoms with E-state index in [1.807, 2.05) is 0 Å². The standard InChI is InChI=1S/C12H11NO4S/c1-17-11(15)8-4-2-7(3-5-8)6-9-10(14)13-12(16)18-9/h2-5,14H,6H2,1H3,(H,13,16). The highest BCUT2D eigenvalue weighted by Crippen LogP contribution is 2.20. The molecule has 5 nitrogen and oxygen atoms in total. The third-order valence-corrected chi connectivity index (χ3v) is 3.31. The predicted molar refractivity (Wildman–Crippen MR) is 67.2 cm³/mol. The van der Waals surface area contributed by atoms with E-state index in [0.29, 0.717) is 16.9 Å². The van der Waals surface area contributed by atoms with Crippen molar-refractivity contribution in [1.29, 1.82) is 0 Å². The molecule has 0 fully saturated rings. The van der Waals surface area contributed by atoms with Crippen molar-refractivity contribution in [3.63, 3.8) is 0 Å². The highest BCUT2D eigenvalue weighted by atomic mass is 32.1. The summed E-state index contributed by atoms with van der Waals surface area (Å²) in [5.41, 5.74) is 1.36. The largest absolute Gasteiger partial charge is 0.494 e. The monoisotopic (exact) mass is 265 g/mol. The van der Waals surface area contributed by atoms with E-state index in [1.165, 1.54) is 7.11 Å². The van der Waals surface area contributed by atoms with Crippen molar-refractivity contribution in [2.75, 3.05) is 7.11 Å². The van der Waals surface area contributed by atoms with Crippen LogP contribution in [0.1, 0.15) is 20.8 Å². The first kappa shape index (κ1) is 12.4. The number of aromatic hydroxyl groups is 1. The fourth-order valence-corrected chi connectivity index (χ4v) is 2.29. The number of esters is 1. The number of thiazole rings is 1. The Bertz CT molecular complexity index is 612. The minimum Gasteiger partial charge on any atom is -0.494 e. The van der Waals surface area contributed by atoms with E-state index in [4.69, 9.17) is 0 Å². The van der Waals surface area contributed by atoms with Crippen LogP contribution in [0, 0.1) is 0 Å². The van der Waals surface area contributed by atoms with Crippen molar-refractivity contribution in [3.05, 3.63) is 49.9 Å². The molecule has 0 unspecified atom stereocenters. The van der Waals surface area contributed by atoms with Gasteiger partial charge < -0.3 is 9.84 Å². The van der Waals surface area contributed by atoms with Crippen LogP contribution in [-0.4, -0.2) is 23.2 Å². The van der Waals surface area contributed by atoms with Gasteiger partial charge in [0.15, 0.2) is 0 Å². The second-order valence-electron chi connectivity index (χ2n) is 3.65. The molecule has 6 heteroatoms. The van der Waals surface area contributed by atoms with Gasteiger partial charge in [-0.2, -0.15) is 0 Å². The predicted octanol–water partition coefficient (Wildman–Crippen LogP) is 1.52. The molecule has 18 heavy (non-hydrogen) atoms. The Morgan fingerprint density at radius 1 is 1.39 bits per heavy atom. The summed E-state index contributed by atoms with van der Waals surface area (Å²) in [5, 5.41) is 9.45. The normalized spacial score (nSPS) is 10.3. The van der Waals surface area contributed by atoms with Gasteiger partial charge in [-0.05, 0) is 17.7 Å². The Kier molecular flexibility index (Phi) is 3.47. The lowest BCUT2D eigenvalue weighted by atomic mass is 10.1. The zero-order valence-electron chi connectivity index (χ0n) is 9.60. The molecule has 1 aromatic carbocycles. The smallest absolute Gasteiger partial charge is 0.337 e. The maximum atomic E-state index is 11.2. The van der Waals surface area contributed by atoms with E-state index in [9.17, 15) is 14.7 Å². The Morgan fingerprint density at radius 2 is 2.06 bits per heavy atom. The first-order valence-electron chi connectivity index (χ1n) is 5.18. The quantitative estimate of drug-likeness (QED) is 0.825. The molecule has 1 heterocycles. The number of benzene rings is 1. The van der Waals surface area contributed by atoms with Gasteiger partial charge in [-0.3, -0.25) is 9.78 Å². The molecule has 0 aliphatic carbocycles. The molecule has 0 aliphatic rings. The molecule has 2 rings (SSSR count). The van der Waals surface area contributed by atoms with Gasteiger partial charge in [0, 0.05) is 6.42 Å². The SMILES string of the molecule is COC(=O)c1ccc(Cc2sc(=O)[nH]c2O)cc1. The van der Waals surface area contributed by atoms with Crippen LogP contribution in [0.5, 0.6) is 5.88 Å². The van der Waals surface area contributed by atoms with Gasteiger partial charge in [-0.1, -0.05) is 23.5 Å². The molecule has 2 aromatic rings. The Labute approximate surface area is 107 Å². The van der Waals surface area contributed by atoms with Gasteiger partial charge in [0.2, 0.25) is 5.88 Å². The van der Waals surface area contributed by atoms with Crippen LogP contribution in [0.2, 0.25) is 0 Å². The summed E-state index contributed by atoms with van der Waals surface area (Å²) >= 11 is 0.971. The van der Waals surface area contributed by atoms with Crippen LogP contribution >= 0.6 is 11.3 Å².